The van der Waals surface area contributed by atoms with E-state index in [-0.39, 0.29) is 18.8 Å². The summed E-state index contributed by atoms with van der Waals surface area (Å²) in [6.45, 7) is 4.07. The normalized spacial score (nSPS) is 12.3. The van der Waals surface area contributed by atoms with E-state index in [1.807, 2.05) is 26.0 Å². The van der Waals surface area contributed by atoms with E-state index >= 15 is 0 Å². The van der Waals surface area contributed by atoms with Gasteiger partial charge in [-0.05, 0) is 50.2 Å². The summed E-state index contributed by atoms with van der Waals surface area (Å²) < 4.78 is 16.2. The Morgan fingerprint density at radius 1 is 1.14 bits per heavy atom. The molecular formula is C17H17NO4. The maximum absolute atomic E-state index is 12.4. The van der Waals surface area contributed by atoms with Crippen LogP contribution in [-0.4, -0.2) is 18.8 Å². The Hall–Kier alpha value is -2.69. The second kappa shape index (κ2) is 5.97. The third-order valence-corrected chi connectivity index (χ3v) is 3.13. The molecule has 2 aromatic rings. The summed E-state index contributed by atoms with van der Waals surface area (Å²) in [7, 11) is 0. The molecule has 114 valence electrons. The van der Waals surface area contributed by atoms with Gasteiger partial charge < -0.3 is 19.5 Å². The van der Waals surface area contributed by atoms with Gasteiger partial charge in [-0.2, -0.15) is 0 Å². The highest BCUT2D eigenvalue weighted by molar-refractivity contribution is 6.06. The lowest BCUT2D eigenvalue weighted by Crippen LogP contribution is -2.12. The van der Waals surface area contributed by atoms with Gasteiger partial charge >= 0.3 is 0 Å². The third kappa shape index (κ3) is 2.98. The number of para-hydroxylation sites is 1. The number of fused-ring (bicyclic) bond motifs is 1. The van der Waals surface area contributed by atoms with Crippen molar-refractivity contribution in [1.82, 2.24) is 0 Å². The molecule has 0 spiro atoms. The number of hydrogen-bond donors (Lipinski definition) is 1. The van der Waals surface area contributed by atoms with Gasteiger partial charge in [0, 0.05) is 5.69 Å². The van der Waals surface area contributed by atoms with Gasteiger partial charge in [0.2, 0.25) is 6.79 Å². The smallest absolute Gasteiger partial charge is 0.259 e. The van der Waals surface area contributed by atoms with Crippen molar-refractivity contribution in [1.29, 1.82) is 0 Å². The molecule has 5 nitrogen and oxygen atoms in total. The van der Waals surface area contributed by atoms with Crippen molar-refractivity contribution in [2.75, 3.05) is 12.1 Å². The first kappa shape index (κ1) is 14.3. The van der Waals surface area contributed by atoms with Crippen molar-refractivity contribution >= 4 is 11.6 Å². The van der Waals surface area contributed by atoms with Crippen LogP contribution in [0.1, 0.15) is 24.2 Å². The quantitative estimate of drug-likeness (QED) is 0.939. The lowest BCUT2D eigenvalue weighted by molar-refractivity contribution is 0.102. The summed E-state index contributed by atoms with van der Waals surface area (Å²) in [5.41, 5.74) is 1.15. The molecule has 1 N–H and O–H groups in total. The number of carbonyl (C=O) groups excluding carboxylic acids is 1. The second-order valence-electron chi connectivity index (χ2n) is 5.18. The van der Waals surface area contributed by atoms with Gasteiger partial charge in [-0.25, -0.2) is 0 Å². The van der Waals surface area contributed by atoms with Crippen LogP contribution >= 0.6 is 0 Å². The van der Waals surface area contributed by atoms with Crippen LogP contribution < -0.4 is 19.5 Å². The molecule has 2 aromatic carbocycles. The molecule has 0 saturated heterocycles. The summed E-state index contributed by atoms with van der Waals surface area (Å²) in [5, 5.41) is 2.84. The lowest BCUT2D eigenvalue weighted by atomic mass is 10.1. The van der Waals surface area contributed by atoms with Crippen LogP contribution in [0.15, 0.2) is 42.5 Å². The maximum Gasteiger partial charge on any atom is 0.259 e. The van der Waals surface area contributed by atoms with E-state index in [0.717, 1.165) is 5.75 Å². The molecule has 1 amide bonds. The number of amides is 1. The Kier molecular flexibility index (Phi) is 3.87. The molecule has 1 aliphatic heterocycles. The van der Waals surface area contributed by atoms with E-state index in [4.69, 9.17) is 14.2 Å². The molecule has 22 heavy (non-hydrogen) atoms. The van der Waals surface area contributed by atoms with Crippen molar-refractivity contribution in [3.8, 4) is 17.2 Å². The fourth-order valence-electron chi connectivity index (χ4n) is 2.20. The highest BCUT2D eigenvalue weighted by Crippen LogP contribution is 2.35. The number of hydrogen-bond acceptors (Lipinski definition) is 4. The molecule has 1 aliphatic rings. The molecular weight excluding hydrogens is 282 g/mol. The first-order valence-corrected chi connectivity index (χ1v) is 7.10. The largest absolute Gasteiger partial charge is 0.491 e. The fraction of sp³-hybridized carbons (Fsp3) is 0.235. The zero-order valence-corrected chi connectivity index (χ0v) is 12.5. The molecule has 0 saturated carbocycles. The number of ether oxygens (including phenoxy) is 3. The SMILES string of the molecule is CC(C)Oc1ccc(NC(=O)c2cccc3c2OCO3)cc1. The number of carbonyl (C=O) groups is 1. The van der Waals surface area contributed by atoms with Crippen molar-refractivity contribution in [2.24, 2.45) is 0 Å². The van der Waals surface area contributed by atoms with Gasteiger partial charge in [-0.15, -0.1) is 0 Å². The van der Waals surface area contributed by atoms with Crippen LogP contribution in [0.2, 0.25) is 0 Å². The predicted octanol–water partition coefficient (Wildman–Crippen LogP) is 3.45. The summed E-state index contributed by atoms with van der Waals surface area (Å²) in [5.74, 6) is 1.61. The average Bonchev–Trinajstić information content (AvgIpc) is 2.97. The summed E-state index contributed by atoms with van der Waals surface area (Å²) >= 11 is 0. The molecule has 0 radical (unpaired) electrons. The first-order chi connectivity index (χ1) is 10.6. The highest BCUT2D eigenvalue weighted by Gasteiger charge is 2.21. The Morgan fingerprint density at radius 2 is 1.91 bits per heavy atom. The lowest BCUT2D eigenvalue weighted by Gasteiger charge is -2.11. The molecule has 0 aromatic heterocycles. The van der Waals surface area contributed by atoms with Crippen molar-refractivity contribution < 1.29 is 19.0 Å². The van der Waals surface area contributed by atoms with Gasteiger partial charge in [0.05, 0.1) is 11.7 Å². The zero-order chi connectivity index (χ0) is 15.5. The molecule has 3 rings (SSSR count). The van der Waals surface area contributed by atoms with Gasteiger partial charge in [-0.1, -0.05) is 6.07 Å². The van der Waals surface area contributed by atoms with Gasteiger partial charge in [0.25, 0.3) is 5.91 Å². The van der Waals surface area contributed by atoms with E-state index in [1.165, 1.54) is 0 Å². The average molecular weight is 299 g/mol. The van der Waals surface area contributed by atoms with Crippen LogP contribution in [0, 0.1) is 0 Å². The monoisotopic (exact) mass is 299 g/mol. The molecule has 5 heteroatoms. The van der Waals surface area contributed by atoms with Crippen LogP contribution in [0.25, 0.3) is 0 Å². The van der Waals surface area contributed by atoms with Crippen LogP contribution in [0.4, 0.5) is 5.69 Å². The van der Waals surface area contributed by atoms with Crippen molar-refractivity contribution in [3.05, 3.63) is 48.0 Å². The Labute approximate surface area is 128 Å². The molecule has 0 atom stereocenters. The third-order valence-electron chi connectivity index (χ3n) is 3.13. The Balaban J connectivity index is 1.73. The topological polar surface area (TPSA) is 56.8 Å². The molecule has 0 aliphatic carbocycles. The van der Waals surface area contributed by atoms with Crippen molar-refractivity contribution in [2.45, 2.75) is 20.0 Å². The number of benzene rings is 2. The van der Waals surface area contributed by atoms with Gasteiger partial charge in [-0.3, -0.25) is 4.79 Å². The first-order valence-electron chi connectivity index (χ1n) is 7.10. The minimum atomic E-state index is -0.236. The number of rotatable bonds is 4. The van der Waals surface area contributed by atoms with Crippen LogP contribution in [0.5, 0.6) is 17.2 Å². The van der Waals surface area contributed by atoms with Gasteiger partial charge in [0.15, 0.2) is 11.5 Å². The number of anilines is 1. The molecule has 0 bridgehead atoms. The molecule has 1 heterocycles. The maximum atomic E-state index is 12.4. The minimum absolute atomic E-state index is 0.115. The molecule has 0 unspecified atom stereocenters. The Morgan fingerprint density at radius 3 is 2.64 bits per heavy atom. The minimum Gasteiger partial charge on any atom is -0.491 e. The second-order valence-corrected chi connectivity index (χ2v) is 5.18. The van der Waals surface area contributed by atoms with Crippen LogP contribution in [-0.2, 0) is 0 Å². The number of nitrogens with one attached hydrogen (secondary N) is 1. The standard InChI is InChI=1S/C17H17NO4/c1-11(2)22-13-8-6-12(7-9-13)18-17(19)14-4-3-5-15-16(14)21-10-20-15/h3-9,11H,10H2,1-2H3,(H,18,19). The van der Waals surface area contributed by atoms with E-state index in [0.29, 0.717) is 22.7 Å². The van der Waals surface area contributed by atoms with Crippen LogP contribution in [0.3, 0.4) is 0 Å². The fourth-order valence-corrected chi connectivity index (χ4v) is 2.20. The predicted molar refractivity (Wildman–Crippen MR) is 82.7 cm³/mol. The van der Waals surface area contributed by atoms with E-state index < -0.39 is 0 Å². The van der Waals surface area contributed by atoms with E-state index in [2.05, 4.69) is 5.32 Å². The zero-order valence-electron chi connectivity index (χ0n) is 12.5. The summed E-state index contributed by atoms with van der Waals surface area (Å²) in [6, 6.07) is 12.5. The van der Waals surface area contributed by atoms with E-state index in [9.17, 15) is 4.79 Å². The van der Waals surface area contributed by atoms with E-state index in [1.54, 1.807) is 30.3 Å². The van der Waals surface area contributed by atoms with Crippen molar-refractivity contribution in [3.63, 3.8) is 0 Å². The summed E-state index contributed by atoms with van der Waals surface area (Å²) in [6.07, 6.45) is 0.115. The highest BCUT2D eigenvalue weighted by atomic mass is 16.7. The van der Waals surface area contributed by atoms with Gasteiger partial charge in [0.1, 0.15) is 5.75 Å². The molecule has 0 fully saturated rings. The Bertz CT molecular complexity index is 680. The summed E-state index contributed by atoms with van der Waals surface area (Å²) in [4.78, 5) is 12.4.